The molecule has 174 valence electrons. The van der Waals surface area contributed by atoms with Gasteiger partial charge in [0.1, 0.15) is 17.2 Å². The maximum atomic E-state index is 14.9. The Balaban J connectivity index is 1.64. The van der Waals surface area contributed by atoms with Gasteiger partial charge in [0.2, 0.25) is 0 Å². The second-order valence-electron chi connectivity index (χ2n) is 8.38. The second kappa shape index (κ2) is 7.24. The molecule has 34 heavy (non-hydrogen) atoms. The number of nitriles is 1. The van der Waals surface area contributed by atoms with Gasteiger partial charge in [0, 0.05) is 34.8 Å². The van der Waals surface area contributed by atoms with Crippen molar-refractivity contribution in [2.45, 2.75) is 30.9 Å². The number of benzene rings is 1. The average Bonchev–Trinajstić information content (AvgIpc) is 3.48. The molecule has 2 aromatic heterocycles. The molecule has 1 saturated carbocycles. The number of nitrogens with one attached hydrogen (secondary N) is 1. The summed E-state index contributed by atoms with van der Waals surface area (Å²) in [5, 5.41) is 11.7. The van der Waals surface area contributed by atoms with Crippen LogP contribution in [0.1, 0.15) is 24.5 Å². The first-order valence-electron chi connectivity index (χ1n) is 10.0. The Morgan fingerprint density at radius 2 is 1.94 bits per heavy atom. The van der Waals surface area contributed by atoms with E-state index in [0.29, 0.717) is 0 Å². The van der Waals surface area contributed by atoms with Crippen LogP contribution in [-0.4, -0.2) is 28.0 Å². The van der Waals surface area contributed by atoms with E-state index in [2.05, 4.69) is 20.3 Å². The number of halogens is 5. The van der Waals surface area contributed by atoms with Gasteiger partial charge in [0.05, 0.1) is 11.8 Å². The molecule has 1 aromatic carbocycles. The van der Waals surface area contributed by atoms with Crippen LogP contribution in [0.15, 0.2) is 35.6 Å². The average molecular weight is 474 g/mol. The third-order valence-electron chi connectivity index (χ3n) is 6.21. The van der Waals surface area contributed by atoms with Crippen molar-refractivity contribution in [3.05, 3.63) is 59.2 Å². The number of rotatable bonds is 4. The van der Waals surface area contributed by atoms with Crippen LogP contribution in [0.5, 0.6) is 0 Å². The van der Waals surface area contributed by atoms with Crippen molar-refractivity contribution in [1.29, 1.82) is 5.26 Å². The van der Waals surface area contributed by atoms with Crippen LogP contribution in [0.3, 0.4) is 0 Å². The minimum Gasteiger partial charge on any atom is -0.459 e. The Hall–Kier alpha value is -4.01. The van der Waals surface area contributed by atoms with Gasteiger partial charge in [0.25, 0.3) is 12.4 Å². The zero-order valence-corrected chi connectivity index (χ0v) is 17.4. The number of aromatic nitrogens is 2. The van der Waals surface area contributed by atoms with Gasteiger partial charge in [-0.2, -0.15) is 5.26 Å². The van der Waals surface area contributed by atoms with E-state index in [1.165, 1.54) is 12.3 Å². The molecule has 0 bridgehead atoms. The van der Waals surface area contributed by atoms with Crippen molar-refractivity contribution in [3.8, 4) is 6.07 Å². The Morgan fingerprint density at radius 3 is 2.65 bits per heavy atom. The van der Waals surface area contributed by atoms with Gasteiger partial charge >= 0.3 is 0 Å². The second-order valence-corrected chi connectivity index (χ2v) is 8.38. The number of pyridine rings is 2. The highest BCUT2D eigenvalue weighted by atomic mass is 19.3. The number of nitrogens with two attached hydrogens (primary N) is 1. The summed E-state index contributed by atoms with van der Waals surface area (Å²) >= 11 is 0. The summed E-state index contributed by atoms with van der Waals surface area (Å²) in [6.07, 6.45) is -1.06. The first-order valence-corrected chi connectivity index (χ1v) is 10.0. The maximum absolute atomic E-state index is 14.9. The molecule has 3 aromatic rings. The predicted octanol–water partition coefficient (Wildman–Crippen LogP) is 4.25. The molecule has 1 aliphatic carbocycles. The molecular weight excluding hydrogens is 459 g/mol. The van der Waals surface area contributed by atoms with Crippen LogP contribution < -0.4 is 11.1 Å². The fourth-order valence-electron chi connectivity index (χ4n) is 4.50. The van der Waals surface area contributed by atoms with Gasteiger partial charge in [-0.25, -0.2) is 31.9 Å². The molecule has 3 N–H and O–H groups in total. The normalized spacial score (nSPS) is 25.4. The molecule has 5 rings (SSSR count). The fourth-order valence-corrected chi connectivity index (χ4v) is 4.50. The van der Waals surface area contributed by atoms with Gasteiger partial charge in [0.15, 0.2) is 28.8 Å². The van der Waals surface area contributed by atoms with Gasteiger partial charge in [-0.3, -0.25) is 4.98 Å². The smallest absolute Gasteiger partial charge is 0.283 e. The molecule has 1 unspecified atom stereocenters. The molecule has 3 atom stereocenters. The lowest BCUT2D eigenvalue weighted by atomic mass is 9.83. The van der Waals surface area contributed by atoms with Crippen LogP contribution in [0.2, 0.25) is 0 Å². The Labute approximate surface area is 189 Å². The van der Waals surface area contributed by atoms with Crippen molar-refractivity contribution in [2.75, 3.05) is 5.32 Å². The minimum absolute atomic E-state index is 0.00282. The molecule has 3 heterocycles. The minimum atomic E-state index is -3.22. The number of hydrogen-bond acceptors (Lipinski definition) is 7. The van der Waals surface area contributed by atoms with Gasteiger partial charge < -0.3 is 15.8 Å². The van der Waals surface area contributed by atoms with Crippen molar-refractivity contribution >= 4 is 28.4 Å². The highest BCUT2D eigenvalue weighted by molar-refractivity contribution is 5.90. The summed E-state index contributed by atoms with van der Waals surface area (Å²) < 4.78 is 78.1. The van der Waals surface area contributed by atoms with Crippen molar-refractivity contribution < 1.29 is 26.7 Å². The van der Waals surface area contributed by atoms with Crippen LogP contribution in [-0.2, 0) is 10.3 Å². The number of anilines is 2. The SMILES string of the molecule is CC12C[C@H]1[C@@](c1cc(Nc3ncc(F)c4cc(C#N)cnc34)cc(F)c1F)(C(F)F)N=C(N)O2. The molecule has 12 heteroatoms. The Bertz CT molecular complexity index is 1420. The summed E-state index contributed by atoms with van der Waals surface area (Å²) in [6.45, 7) is 1.54. The van der Waals surface area contributed by atoms with Crippen LogP contribution in [0, 0.1) is 34.7 Å². The monoisotopic (exact) mass is 474 g/mol. The third kappa shape index (κ3) is 3.11. The van der Waals surface area contributed by atoms with E-state index in [1.54, 1.807) is 6.92 Å². The molecule has 7 nitrogen and oxygen atoms in total. The fraction of sp³-hybridized carbons (Fsp3) is 0.273. The van der Waals surface area contributed by atoms with Crippen molar-refractivity contribution in [3.63, 3.8) is 0 Å². The summed E-state index contributed by atoms with van der Waals surface area (Å²) in [4.78, 5) is 11.7. The Kier molecular flexibility index (Phi) is 4.65. The van der Waals surface area contributed by atoms with Crippen LogP contribution >= 0.6 is 0 Å². The number of fused-ring (bicyclic) bond motifs is 2. The number of nitrogens with zero attached hydrogens (tertiary/aromatic N) is 4. The standard InChI is InChI=1S/C22H15F5N6O/c1-21-5-15(21)22(19(26)27,33-20(29)34-21)12-3-10(4-13(23)16(12)25)32-18-17-11(14(24)8-31-18)2-9(6-28)7-30-17/h2-4,7-8,15,19H,5H2,1H3,(H2,29,33)(H,31,32)/t15-,21?,22+/m1/s1. The van der Waals surface area contributed by atoms with E-state index in [1.807, 2.05) is 6.07 Å². The highest BCUT2D eigenvalue weighted by Gasteiger charge is 2.71. The molecule has 2 aliphatic rings. The number of aliphatic imine (C=N–C) groups is 1. The summed E-state index contributed by atoms with van der Waals surface area (Å²) in [5.74, 6) is -4.66. The van der Waals surface area contributed by atoms with Gasteiger partial charge in [-0.15, -0.1) is 0 Å². The van der Waals surface area contributed by atoms with Crippen molar-refractivity contribution in [1.82, 2.24) is 9.97 Å². The van der Waals surface area contributed by atoms with E-state index < -0.39 is 52.5 Å². The first-order chi connectivity index (χ1) is 16.1. The quantitative estimate of drug-likeness (QED) is 0.548. The van der Waals surface area contributed by atoms with Crippen LogP contribution in [0.25, 0.3) is 10.9 Å². The zero-order chi connectivity index (χ0) is 24.4. The number of hydrogen-bond donors (Lipinski definition) is 2. The number of alkyl halides is 2. The van der Waals surface area contributed by atoms with Gasteiger partial charge in [-0.1, -0.05) is 0 Å². The lowest BCUT2D eigenvalue weighted by Crippen LogP contribution is -2.46. The Morgan fingerprint density at radius 1 is 1.18 bits per heavy atom. The molecule has 1 aliphatic heterocycles. The number of ether oxygens (including phenoxy) is 1. The van der Waals surface area contributed by atoms with E-state index in [4.69, 9.17) is 15.7 Å². The third-order valence-corrected chi connectivity index (χ3v) is 6.21. The van der Waals surface area contributed by atoms with Gasteiger partial charge in [-0.05, 0) is 25.5 Å². The largest absolute Gasteiger partial charge is 0.459 e. The molecule has 0 radical (unpaired) electrons. The van der Waals surface area contributed by atoms with E-state index >= 15 is 0 Å². The topological polar surface area (TPSA) is 109 Å². The van der Waals surface area contributed by atoms with E-state index in [-0.39, 0.29) is 34.4 Å². The van der Waals surface area contributed by atoms with E-state index in [9.17, 15) is 22.0 Å². The first kappa shape index (κ1) is 21.8. The summed E-state index contributed by atoms with van der Waals surface area (Å²) in [6, 6.07) is 4.28. The predicted molar refractivity (Wildman–Crippen MR) is 111 cm³/mol. The highest BCUT2D eigenvalue weighted by Crippen LogP contribution is 2.62. The zero-order valence-electron chi connectivity index (χ0n) is 17.4. The van der Waals surface area contributed by atoms with Crippen molar-refractivity contribution in [2.24, 2.45) is 16.6 Å². The lowest BCUT2D eigenvalue weighted by Gasteiger charge is -2.35. The molecule has 1 fully saturated rings. The molecule has 0 spiro atoms. The lowest BCUT2D eigenvalue weighted by molar-refractivity contribution is -0.000123. The van der Waals surface area contributed by atoms with E-state index in [0.717, 1.165) is 18.3 Å². The van der Waals surface area contributed by atoms with Crippen LogP contribution in [0.4, 0.5) is 33.5 Å². The molecule has 0 saturated heterocycles. The maximum Gasteiger partial charge on any atom is 0.283 e. The number of amidine groups is 1. The summed E-state index contributed by atoms with van der Waals surface area (Å²) in [5.41, 5.74) is 1.33. The molecule has 0 amide bonds. The summed E-state index contributed by atoms with van der Waals surface area (Å²) in [7, 11) is 0. The molecular formula is C22H15F5N6O.